The number of hydrogen-bond donors (Lipinski definition) is 1. The van der Waals surface area contributed by atoms with Gasteiger partial charge in [0.05, 0.1) is 16.2 Å². The zero-order valence-electron chi connectivity index (χ0n) is 16.2. The molecule has 4 rings (SSSR count). The minimum atomic E-state index is -4.06. The zero-order chi connectivity index (χ0) is 21.3. The first-order valence-corrected chi connectivity index (χ1v) is 11.2. The van der Waals surface area contributed by atoms with E-state index in [2.05, 4.69) is 22.1 Å². The molecule has 0 spiro atoms. The van der Waals surface area contributed by atoms with Gasteiger partial charge in [0.25, 0.3) is 15.9 Å². The van der Waals surface area contributed by atoms with Crippen LogP contribution in [0.3, 0.4) is 0 Å². The fraction of sp³-hybridized carbons (Fsp3) is 0.190. The van der Waals surface area contributed by atoms with Crippen LogP contribution in [0.4, 0.5) is 5.95 Å². The second-order valence-corrected chi connectivity index (χ2v) is 9.12. The Hall–Kier alpha value is -2.97. The first kappa shape index (κ1) is 20.3. The van der Waals surface area contributed by atoms with Gasteiger partial charge in [0, 0.05) is 24.3 Å². The maximum Gasteiger partial charge on any atom is 0.268 e. The van der Waals surface area contributed by atoms with Crippen LogP contribution in [0.5, 0.6) is 0 Å². The number of aryl methyl sites for hydroxylation is 1. The molecule has 1 aromatic heterocycles. The van der Waals surface area contributed by atoms with Crippen molar-refractivity contribution in [3.8, 4) is 0 Å². The molecule has 0 saturated heterocycles. The number of halogens is 1. The maximum atomic E-state index is 12.6. The highest BCUT2D eigenvalue weighted by Crippen LogP contribution is 2.22. The number of benzene rings is 2. The van der Waals surface area contributed by atoms with Crippen molar-refractivity contribution in [2.45, 2.75) is 24.8 Å². The molecule has 0 aliphatic carbocycles. The summed E-state index contributed by atoms with van der Waals surface area (Å²) in [6, 6.07) is 13.9. The monoisotopic (exact) mass is 442 g/mol. The maximum absolute atomic E-state index is 12.6. The smallest absolute Gasteiger partial charge is 0.268 e. The zero-order valence-corrected chi connectivity index (χ0v) is 17.7. The molecular weight excluding hydrogens is 424 g/mol. The minimum absolute atomic E-state index is 0.0921. The molecule has 0 saturated carbocycles. The van der Waals surface area contributed by atoms with E-state index in [1.807, 2.05) is 21.8 Å². The highest BCUT2D eigenvalue weighted by molar-refractivity contribution is 7.90. The molecule has 0 atom stereocenters. The van der Waals surface area contributed by atoms with E-state index in [1.54, 1.807) is 13.0 Å². The number of sulfonamides is 1. The molecule has 3 aromatic rings. The molecule has 0 radical (unpaired) electrons. The van der Waals surface area contributed by atoms with Crippen LogP contribution in [0, 0.1) is 6.92 Å². The molecule has 2 heterocycles. The summed E-state index contributed by atoms with van der Waals surface area (Å²) in [6.07, 6.45) is 2.25. The SMILES string of the molecule is Cc1nc(N2CCc3ccccc3C2)ncc1C(=O)NS(=O)(=O)c1cccc(Cl)c1. The second-order valence-electron chi connectivity index (χ2n) is 7.00. The van der Waals surface area contributed by atoms with Gasteiger partial charge in [0.1, 0.15) is 0 Å². The Bertz CT molecular complexity index is 1230. The van der Waals surface area contributed by atoms with Crippen molar-refractivity contribution in [3.63, 3.8) is 0 Å². The van der Waals surface area contributed by atoms with E-state index in [1.165, 1.54) is 35.5 Å². The lowest BCUT2D eigenvalue weighted by Gasteiger charge is -2.29. The highest BCUT2D eigenvalue weighted by atomic mass is 35.5. The van der Waals surface area contributed by atoms with Crippen molar-refractivity contribution in [2.75, 3.05) is 11.4 Å². The Labute approximate surface area is 179 Å². The van der Waals surface area contributed by atoms with E-state index < -0.39 is 15.9 Å². The number of fused-ring (bicyclic) bond motifs is 1. The van der Waals surface area contributed by atoms with E-state index in [-0.39, 0.29) is 15.5 Å². The van der Waals surface area contributed by atoms with Crippen LogP contribution in [0.15, 0.2) is 59.6 Å². The second kappa shape index (κ2) is 8.04. The summed E-state index contributed by atoms with van der Waals surface area (Å²) in [4.78, 5) is 23.3. The first-order chi connectivity index (χ1) is 14.3. The third-order valence-corrected chi connectivity index (χ3v) is 6.52. The lowest BCUT2D eigenvalue weighted by molar-refractivity contribution is 0.0980. The predicted molar refractivity (Wildman–Crippen MR) is 114 cm³/mol. The van der Waals surface area contributed by atoms with E-state index in [4.69, 9.17) is 11.6 Å². The van der Waals surface area contributed by atoms with Crippen LogP contribution < -0.4 is 9.62 Å². The normalized spacial score (nSPS) is 13.6. The summed E-state index contributed by atoms with van der Waals surface area (Å²) < 4.78 is 27.0. The van der Waals surface area contributed by atoms with Crippen LogP contribution in [0.25, 0.3) is 0 Å². The Morgan fingerprint density at radius 1 is 1.13 bits per heavy atom. The van der Waals surface area contributed by atoms with Crippen LogP contribution in [-0.4, -0.2) is 30.8 Å². The molecule has 2 aromatic carbocycles. The van der Waals surface area contributed by atoms with Crippen LogP contribution in [0.2, 0.25) is 5.02 Å². The van der Waals surface area contributed by atoms with Gasteiger partial charge in [0.15, 0.2) is 0 Å². The molecule has 0 fully saturated rings. The highest BCUT2D eigenvalue weighted by Gasteiger charge is 2.23. The molecule has 1 aliphatic heterocycles. The van der Waals surface area contributed by atoms with E-state index in [0.717, 1.165) is 13.0 Å². The average molecular weight is 443 g/mol. The van der Waals surface area contributed by atoms with Crippen molar-refractivity contribution in [3.05, 3.63) is 82.1 Å². The number of anilines is 1. The Morgan fingerprint density at radius 3 is 2.63 bits per heavy atom. The van der Waals surface area contributed by atoms with Crippen LogP contribution >= 0.6 is 11.6 Å². The quantitative estimate of drug-likeness (QED) is 0.667. The molecule has 0 bridgehead atoms. The van der Waals surface area contributed by atoms with Crippen molar-refractivity contribution >= 4 is 33.5 Å². The Balaban J connectivity index is 1.53. The summed E-state index contributed by atoms with van der Waals surface area (Å²) in [5, 5.41) is 0.261. The van der Waals surface area contributed by atoms with Gasteiger partial charge in [-0.1, -0.05) is 41.9 Å². The number of carbonyl (C=O) groups excluding carboxylic acids is 1. The van der Waals surface area contributed by atoms with Gasteiger partial charge < -0.3 is 4.90 Å². The molecule has 0 unspecified atom stereocenters. The van der Waals surface area contributed by atoms with Crippen LogP contribution in [0.1, 0.15) is 27.2 Å². The average Bonchev–Trinajstić information content (AvgIpc) is 2.73. The van der Waals surface area contributed by atoms with Gasteiger partial charge in [-0.2, -0.15) is 0 Å². The van der Waals surface area contributed by atoms with Crippen molar-refractivity contribution in [2.24, 2.45) is 0 Å². The van der Waals surface area contributed by atoms with E-state index >= 15 is 0 Å². The largest absolute Gasteiger partial charge is 0.336 e. The molecule has 30 heavy (non-hydrogen) atoms. The lowest BCUT2D eigenvalue weighted by atomic mass is 10.0. The van der Waals surface area contributed by atoms with E-state index in [9.17, 15) is 13.2 Å². The Kier molecular flexibility index (Phi) is 5.44. The third-order valence-electron chi connectivity index (χ3n) is 4.96. The molecule has 1 N–H and O–H groups in total. The summed E-state index contributed by atoms with van der Waals surface area (Å²) in [7, 11) is -4.06. The summed E-state index contributed by atoms with van der Waals surface area (Å²) >= 11 is 5.85. The minimum Gasteiger partial charge on any atom is -0.336 e. The van der Waals surface area contributed by atoms with Gasteiger partial charge in [-0.3, -0.25) is 4.79 Å². The van der Waals surface area contributed by atoms with Crippen molar-refractivity contribution in [1.82, 2.24) is 14.7 Å². The number of nitrogens with zero attached hydrogens (tertiary/aromatic N) is 3. The topological polar surface area (TPSA) is 92.3 Å². The summed E-state index contributed by atoms with van der Waals surface area (Å²) in [5.41, 5.74) is 3.03. The number of aromatic nitrogens is 2. The Morgan fingerprint density at radius 2 is 1.90 bits per heavy atom. The lowest BCUT2D eigenvalue weighted by Crippen LogP contribution is -2.33. The number of carbonyl (C=O) groups is 1. The van der Waals surface area contributed by atoms with Crippen molar-refractivity contribution < 1.29 is 13.2 Å². The fourth-order valence-corrected chi connectivity index (χ4v) is 4.63. The summed E-state index contributed by atoms with van der Waals surface area (Å²) in [6.45, 7) is 3.11. The summed E-state index contributed by atoms with van der Waals surface area (Å²) in [5.74, 6) is -0.278. The fourth-order valence-electron chi connectivity index (χ4n) is 3.37. The van der Waals surface area contributed by atoms with E-state index in [0.29, 0.717) is 18.2 Å². The molecular formula is C21H19ClN4O3S. The number of amides is 1. The number of nitrogens with one attached hydrogen (secondary N) is 1. The van der Waals surface area contributed by atoms with Gasteiger partial charge in [-0.05, 0) is 42.7 Å². The van der Waals surface area contributed by atoms with Crippen LogP contribution in [-0.2, 0) is 23.0 Å². The van der Waals surface area contributed by atoms with Crippen molar-refractivity contribution in [1.29, 1.82) is 0 Å². The van der Waals surface area contributed by atoms with Gasteiger partial charge in [0.2, 0.25) is 5.95 Å². The molecule has 1 aliphatic rings. The molecule has 154 valence electrons. The predicted octanol–water partition coefficient (Wildman–Crippen LogP) is 3.12. The van der Waals surface area contributed by atoms with Gasteiger partial charge in [-0.25, -0.2) is 23.1 Å². The van der Waals surface area contributed by atoms with Gasteiger partial charge in [-0.15, -0.1) is 0 Å². The number of rotatable bonds is 4. The molecule has 1 amide bonds. The first-order valence-electron chi connectivity index (χ1n) is 9.31. The van der Waals surface area contributed by atoms with Gasteiger partial charge >= 0.3 is 0 Å². The molecule has 9 heteroatoms. The molecule has 7 nitrogen and oxygen atoms in total. The third kappa shape index (κ3) is 4.15. The number of hydrogen-bond acceptors (Lipinski definition) is 6. The standard InChI is InChI=1S/C21H19ClN4O3S/c1-14-19(20(27)25-30(28,29)18-8-4-7-17(22)11-18)12-23-21(24-14)26-10-9-15-5-2-3-6-16(15)13-26/h2-8,11-12H,9-10,13H2,1H3,(H,25,27).